The number of amides is 1. The normalized spacial score (nSPS) is 20.3. The molecular formula is C18H26Cl2F3N3O. The second kappa shape index (κ2) is 10.4. The van der Waals surface area contributed by atoms with Crippen molar-refractivity contribution in [3.05, 3.63) is 23.8 Å². The third kappa shape index (κ3) is 6.16. The van der Waals surface area contributed by atoms with Gasteiger partial charge in [-0.2, -0.15) is 13.2 Å². The van der Waals surface area contributed by atoms with Crippen LogP contribution in [0.1, 0.15) is 37.7 Å². The summed E-state index contributed by atoms with van der Waals surface area (Å²) >= 11 is 0. The van der Waals surface area contributed by atoms with Gasteiger partial charge in [-0.25, -0.2) is 0 Å². The van der Waals surface area contributed by atoms with E-state index in [9.17, 15) is 18.0 Å². The summed E-state index contributed by atoms with van der Waals surface area (Å²) in [5.74, 6) is -0.401. The van der Waals surface area contributed by atoms with E-state index in [2.05, 4.69) is 15.5 Å². The predicted molar refractivity (Wildman–Crippen MR) is 106 cm³/mol. The van der Waals surface area contributed by atoms with Crippen LogP contribution in [0.25, 0.3) is 0 Å². The molecule has 9 heteroatoms. The number of carbonyl (C=O) groups is 1. The molecule has 1 aromatic rings. The molecule has 0 aliphatic carbocycles. The highest BCUT2D eigenvalue weighted by Gasteiger charge is 2.32. The Bertz CT molecular complexity index is 616. The Morgan fingerprint density at radius 3 is 2.41 bits per heavy atom. The molecule has 2 N–H and O–H groups in total. The Balaban J connectivity index is 0.00000182. The van der Waals surface area contributed by atoms with Gasteiger partial charge in [-0.15, -0.1) is 24.8 Å². The zero-order valence-electron chi connectivity index (χ0n) is 15.0. The molecule has 0 saturated carbocycles. The summed E-state index contributed by atoms with van der Waals surface area (Å²) in [4.78, 5) is 14.6. The molecular weight excluding hydrogens is 402 g/mol. The number of halogens is 5. The molecule has 3 rings (SSSR count). The fourth-order valence-corrected chi connectivity index (χ4v) is 3.53. The van der Waals surface area contributed by atoms with Crippen molar-refractivity contribution in [2.24, 2.45) is 5.92 Å². The minimum atomic E-state index is -4.42. The lowest BCUT2D eigenvalue weighted by Gasteiger charge is -2.31. The highest BCUT2D eigenvalue weighted by Crippen LogP contribution is 2.36. The summed E-state index contributed by atoms with van der Waals surface area (Å²) in [6.45, 7) is 3.06. The molecule has 154 valence electrons. The SMILES string of the molecule is Cl.Cl.O=C(Nc1cc(C(F)(F)F)ccc1N1CCCCC1)C1CCCNC1. The molecule has 1 amide bonds. The predicted octanol–water partition coefficient (Wildman–Crippen LogP) is 4.48. The van der Waals surface area contributed by atoms with Gasteiger partial charge in [0.15, 0.2) is 0 Å². The maximum atomic E-state index is 13.1. The number of anilines is 2. The Morgan fingerprint density at radius 2 is 1.81 bits per heavy atom. The number of benzene rings is 1. The van der Waals surface area contributed by atoms with Crippen molar-refractivity contribution < 1.29 is 18.0 Å². The molecule has 0 spiro atoms. The summed E-state index contributed by atoms with van der Waals surface area (Å²) in [7, 11) is 0. The number of hydrogen-bond donors (Lipinski definition) is 2. The maximum absolute atomic E-state index is 13.1. The summed E-state index contributed by atoms with van der Waals surface area (Å²) in [6.07, 6.45) is 0.400. The van der Waals surface area contributed by atoms with Crippen LogP contribution in [0, 0.1) is 5.92 Å². The first-order chi connectivity index (χ1) is 11.9. The minimum Gasteiger partial charge on any atom is -0.370 e. The Kier molecular flexibility index (Phi) is 9.18. The highest BCUT2D eigenvalue weighted by molar-refractivity contribution is 5.96. The average Bonchev–Trinajstić information content (AvgIpc) is 2.62. The van der Waals surface area contributed by atoms with Crippen LogP contribution in [0.2, 0.25) is 0 Å². The number of piperidine rings is 2. The smallest absolute Gasteiger partial charge is 0.370 e. The van der Waals surface area contributed by atoms with Crippen molar-refractivity contribution in [3.63, 3.8) is 0 Å². The number of nitrogens with one attached hydrogen (secondary N) is 2. The zero-order valence-corrected chi connectivity index (χ0v) is 16.6. The van der Waals surface area contributed by atoms with Crippen molar-refractivity contribution >= 4 is 42.1 Å². The minimum absolute atomic E-state index is 0. The molecule has 4 nitrogen and oxygen atoms in total. The van der Waals surface area contributed by atoms with E-state index in [0.29, 0.717) is 12.2 Å². The van der Waals surface area contributed by atoms with Crippen molar-refractivity contribution in [3.8, 4) is 0 Å². The molecule has 2 heterocycles. The van der Waals surface area contributed by atoms with Crippen molar-refractivity contribution in [2.75, 3.05) is 36.4 Å². The third-order valence-electron chi connectivity index (χ3n) is 4.95. The van der Waals surface area contributed by atoms with Gasteiger partial charge in [0.25, 0.3) is 0 Å². The van der Waals surface area contributed by atoms with Crippen LogP contribution >= 0.6 is 24.8 Å². The fourth-order valence-electron chi connectivity index (χ4n) is 3.53. The molecule has 1 atom stereocenters. The highest BCUT2D eigenvalue weighted by atomic mass is 35.5. The zero-order chi connectivity index (χ0) is 17.9. The van der Waals surface area contributed by atoms with Crippen LogP contribution in [-0.2, 0) is 11.0 Å². The lowest BCUT2D eigenvalue weighted by molar-refractivity contribution is -0.137. The number of rotatable bonds is 3. The molecule has 2 saturated heterocycles. The van der Waals surface area contributed by atoms with Crippen LogP contribution in [-0.4, -0.2) is 32.1 Å². The fraction of sp³-hybridized carbons (Fsp3) is 0.611. The number of carbonyl (C=O) groups excluding carboxylic acids is 1. The standard InChI is InChI=1S/C18H24F3N3O.2ClH/c19-18(20,21)14-6-7-16(24-9-2-1-3-10-24)15(11-14)23-17(25)13-5-4-8-22-12-13;;/h6-7,11,13,22H,1-5,8-10,12H2,(H,23,25);2*1H. The maximum Gasteiger partial charge on any atom is 0.416 e. The Hall–Kier alpha value is -1.18. The van der Waals surface area contributed by atoms with Crippen LogP contribution in [0.3, 0.4) is 0 Å². The van der Waals surface area contributed by atoms with E-state index < -0.39 is 11.7 Å². The first-order valence-electron chi connectivity index (χ1n) is 8.93. The topological polar surface area (TPSA) is 44.4 Å². The van der Waals surface area contributed by atoms with E-state index in [1.807, 2.05) is 0 Å². The van der Waals surface area contributed by atoms with Crippen LogP contribution < -0.4 is 15.5 Å². The van der Waals surface area contributed by atoms with Crippen molar-refractivity contribution in [2.45, 2.75) is 38.3 Å². The van der Waals surface area contributed by atoms with E-state index in [4.69, 9.17) is 0 Å². The molecule has 0 radical (unpaired) electrons. The Morgan fingerprint density at radius 1 is 1.11 bits per heavy atom. The number of nitrogens with zero attached hydrogens (tertiary/aromatic N) is 1. The van der Waals surface area contributed by atoms with Crippen LogP contribution in [0.15, 0.2) is 18.2 Å². The molecule has 2 aliphatic rings. The van der Waals surface area contributed by atoms with Crippen molar-refractivity contribution in [1.82, 2.24) is 5.32 Å². The number of alkyl halides is 3. The van der Waals surface area contributed by atoms with Crippen LogP contribution in [0.4, 0.5) is 24.5 Å². The monoisotopic (exact) mass is 427 g/mol. The van der Waals surface area contributed by atoms with E-state index in [-0.39, 0.29) is 42.3 Å². The third-order valence-corrected chi connectivity index (χ3v) is 4.95. The summed E-state index contributed by atoms with van der Waals surface area (Å²) in [5.41, 5.74) is 0.224. The quantitative estimate of drug-likeness (QED) is 0.747. The molecule has 1 aromatic carbocycles. The summed E-state index contributed by atoms with van der Waals surface area (Å²) < 4.78 is 39.3. The molecule has 1 unspecified atom stereocenters. The van der Waals surface area contributed by atoms with Gasteiger partial charge in [0.05, 0.1) is 22.9 Å². The molecule has 27 heavy (non-hydrogen) atoms. The van der Waals surface area contributed by atoms with Gasteiger partial charge >= 0.3 is 6.18 Å². The molecule has 2 fully saturated rings. The molecule has 0 aromatic heterocycles. The first-order valence-corrected chi connectivity index (χ1v) is 8.93. The van der Waals surface area contributed by atoms with Gasteiger partial charge in [-0.1, -0.05) is 0 Å². The van der Waals surface area contributed by atoms with Crippen molar-refractivity contribution in [1.29, 1.82) is 0 Å². The molecule has 2 aliphatic heterocycles. The second-order valence-corrected chi connectivity index (χ2v) is 6.81. The van der Waals surface area contributed by atoms with E-state index in [1.54, 1.807) is 0 Å². The average molecular weight is 428 g/mol. The summed E-state index contributed by atoms with van der Waals surface area (Å²) in [5, 5.41) is 5.93. The largest absolute Gasteiger partial charge is 0.416 e. The van der Waals surface area contributed by atoms with Crippen LogP contribution in [0.5, 0.6) is 0 Å². The van der Waals surface area contributed by atoms with Gasteiger partial charge in [0, 0.05) is 19.6 Å². The van der Waals surface area contributed by atoms with Gasteiger partial charge in [-0.3, -0.25) is 4.79 Å². The van der Waals surface area contributed by atoms with E-state index in [1.165, 1.54) is 6.07 Å². The van der Waals surface area contributed by atoms with E-state index >= 15 is 0 Å². The van der Waals surface area contributed by atoms with Gasteiger partial charge in [0.1, 0.15) is 0 Å². The van der Waals surface area contributed by atoms with Gasteiger partial charge in [0.2, 0.25) is 5.91 Å². The summed E-state index contributed by atoms with van der Waals surface area (Å²) in [6, 6.07) is 3.66. The van der Waals surface area contributed by atoms with Gasteiger partial charge in [-0.05, 0) is 56.8 Å². The van der Waals surface area contributed by atoms with E-state index in [0.717, 1.165) is 63.9 Å². The molecule has 0 bridgehead atoms. The Labute approximate surface area is 170 Å². The first kappa shape index (κ1) is 23.9. The lowest BCUT2D eigenvalue weighted by Crippen LogP contribution is -2.37. The number of hydrogen-bond acceptors (Lipinski definition) is 3. The van der Waals surface area contributed by atoms with Gasteiger partial charge < -0.3 is 15.5 Å². The lowest BCUT2D eigenvalue weighted by atomic mass is 9.98. The second-order valence-electron chi connectivity index (χ2n) is 6.81.